The number of hydrogen-bond acceptors (Lipinski definition) is 9. The minimum atomic E-state index is -3.86. The highest BCUT2D eigenvalue weighted by Crippen LogP contribution is 2.57. The maximum absolute atomic E-state index is 14.9. The van der Waals surface area contributed by atoms with Gasteiger partial charge >= 0.3 is 0 Å². The minimum Gasteiger partial charge on any atom is -0.497 e. The molecule has 2 aliphatic heterocycles. The van der Waals surface area contributed by atoms with Crippen LogP contribution in [0.3, 0.4) is 0 Å². The number of methoxy groups -OCH3 is 1. The fourth-order valence-electron chi connectivity index (χ4n) is 8.49. The number of allylic oxidation sites excluding steroid dienone is 1. The number of hydrogen-bond donors (Lipinski definition) is 1. The van der Waals surface area contributed by atoms with E-state index in [1.807, 2.05) is 80.3 Å². The number of ketones is 1. The van der Waals surface area contributed by atoms with Crippen LogP contribution in [0.15, 0.2) is 67.3 Å². The van der Waals surface area contributed by atoms with Gasteiger partial charge in [-0.1, -0.05) is 57.2 Å². The molecule has 2 aromatic carbocycles. The van der Waals surface area contributed by atoms with Crippen LogP contribution in [-0.4, -0.2) is 90.8 Å². The fraction of sp³-hybridized carbons (Fsp3) is 0.523. The van der Waals surface area contributed by atoms with Crippen LogP contribution in [0.4, 0.5) is 0 Å². The lowest BCUT2D eigenvalue weighted by atomic mass is 9.77. The summed E-state index contributed by atoms with van der Waals surface area (Å²) in [6, 6.07) is 16.1. The Morgan fingerprint density at radius 3 is 2.39 bits per heavy atom. The Balaban J connectivity index is 1.21. The van der Waals surface area contributed by atoms with Gasteiger partial charge in [-0.05, 0) is 62.0 Å². The normalized spacial score (nSPS) is 24.1. The highest BCUT2D eigenvalue weighted by Gasteiger charge is 2.61. The van der Waals surface area contributed by atoms with Crippen molar-refractivity contribution in [3.05, 3.63) is 67.3 Å². The first kappa shape index (κ1) is 40.4. The van der Waals surface area contributed by atoms with Crippen molar-refractivity contribution >= 4 is 44.4 Å². The van der Waals surface area contributed by atoms with Gasteiger partial charge in [-0.2, -0.15) is 0 Å². The van der Waals surface area contributed by atoms with Crippen LogP contribution in [-0.2, 0) is 29.2 Å². The van der Waals surface area contributed by atoms with Gasteiger partial charge in [0, 0.05) is 55.4 Å². The zero-order valence-electron chi connectivity index (χ0n) is 33.4. The Hall–Kier alpha value is -4.78. The van der Waals surface area contributed by atoms with E-state index in [-0.39, 0.29) is 49.8 Å². The molecule has 1 N–H and O–H groups in total. The number of ether oxygens (including phenoxy) is 2. The zero-order chi connectivity index (χ0) is 40.7. The maximum Gasteiger partial charge on any atom is 0.240 e. The number of carbonyl (C=O) groups excluding carboxylic acids is 4. The fourth-order valence-corrected chi connectivity index (χ4v) is 9.87. The van der Waals surface area contributed by atoms with Gasteiger partial charge in [-0.25, -0.2) is 13.4 Å². The van der Waals surface area contributed by atoms with Gasteiger partial charge in [0.25, 0.3) is 0 Å². The summed E-state index contributed by atoms with van der Waals surface area (Å²) >= 11 is 0. The van der Waals surface area contributed by atoms with E-state index in [4.69, 9.17) is 14.5 Å². The van der Waals surface area contributed by atoms with Gasteiger partial charge in [0.1, 0.15) is 17.6 Å². The number of aromatic nitrogens is 1. The standard InChI is InChI=1S/C44H54N4O8S/c1-6-29-25-44(29,42(52)46-57(53,54)32-16-17-32)26-38(49)37-22-31(27-48(37)41(51)34(43(2,3)4)23-40(50)47-19-11-8-12-20-47)56-39-24-35(28-13-9-7-10-14-28)45-36-21-30(55-5)15-18-33(36)39/h6-7,9-10,13-15,18,21,24,29,31-32,34,37H,1,8,11-12,16-17,19-20,22-23,25-27H2,2-5H3,(H,46,52)/t29-,31-,34+,37+,44-/m1/s1. The lowest BCUT2D eigenvalue weighted by Gasteiger charge is -2.36. The minimum absolute atomic E-state index is 0.00639. The van der Waals surface area contributed by atoms with Crippen molar-refractivity contribution in [2.75, 3.05) is 26.7 Å². The van der Waals surface area contributed by atoms with Gasteiger partial charge in [-0.15, -0.1) is 6.58 Å². The molecule has 1 aromatic heterocycles. The van der Waals surface area contributed by atoms with Gasteiger partial charge in [0.2, 0.25) is 27.7 Å². The van der Waals surface area contributed by atoms with E-state index >= 15 is 0 Å². The van der Waals surface area contributed by atoms with Crippen molar-refractivity contribution in [2.45, 2.75) is 96.0 Å². The van der Waals surface area contributed by atoms with E-state index < -0.39 is 56.0 Å². The molecule has 2 aliphatic carbocycles. The van der Waals surface area contributed by atoms with Crippen molar-refractivity contribution in [3.63, 3.8) is 0 Å². The predicted octanol–water partition coefficient (Wildman–Crippen LogP) is 6.08. The Labute approximate surface area is 335 Å². The van der Waals surface area contributed by atoms with Crippen molar-refractivity contribution < 1.29 is 37.1 Å². The average Bonchev–Trinajstić information content (AvgIpc) is 4.13. The largest absolute Gasteiger partial charge is 0.497 e. The van der Waals surface area contributed by atoms with Crippen molar-refractivity contribution in [2.24, 2.45) is 22.7 Å². The molecule has 4 fully saturated rings. The van der Waals surface area contributed by atoms with Gasteiger partial charge in [-0.3, -0.25) is 23.9 Å². The third kappa shape index (κ3) is 8.59. The van der Waals surface area contributed by atoms with E-state index in [1.54, 1.807) is 18.1 Å². The summed E-state index contributed by atoms with van der Waals surface area (Å²) in [5.74, 6) is -1.44. The second-order valence-electron chi connectivity index (χ2n) is 17.3. The lowest BCUT2D eigenvalue weighted by Crippen LogP contribution is -2.49. The van der Waals surface area contributed by atoms with E-state index in [9.17, 15) is 27.6 Å². The number of pyridine rings is 1. The van der Waals surface area contributed by atoms with Crippen LogP contribution in [0, 0.1) is 22.7 Å². The third-order valence-electron chi connectivity index (χ3n) is 12.2. The molecule has 5 atom stereocenters. The van der Waals surface area contributed by atoms with Crippen LogP contribution in [0.2, 0.25) is 0 Å². The smallest absolute Gasteiger partial charge is 0.240 e. The van der Waals surface area contributed by atoms with Gasteiger partial charge in [0.15, 0.2) is 5.78 Å². The summed E-state index contributed by atoms with van der Waals surface area (Å²) in [5.41, 5.74) is 0.289. The summed E-state index contributed by atoms with van der Waals surface area (Å²) in [6.45, 7) is 11.0. The SMILES string of the molecule is C=C[C@@H]1C[C@]1(CC(=O)[C@@H]1C[C@@H](Oc2cc(-c3ccccc3)nc3cc(OC)ccc23)CN1C(=O)[C@H](CC(=O)N1CCCCC1)C(C)(C)C)C(=O)NS(=O)(=O)C1CC1. The highest BCUT2D eigenvalue weighted by atomic mass is 32.2. The lowest BCUT2D eigenvalue weighted by molar-refractivity contribution is -0.148. The van der Waals surface area contributed by atoms with Crippen molar-refractivity contribution in [1.29, 1.82) is 0 Å². The molecule has 0 spiro atoms. The topological polar surface area (TPSA) is 152 Å². The monoisotopic (exact) mass is 798 g/mol. The van der Waals surface area contributed by atoms with Crippen molar-refractivity contribution in [1.82, 2.24) is 19.5 Å². The molecule has 7 rings (SSSR count). The first-order valence-corrected chi connectivity index (χ1v) is 21.7. The molecule has 3 heterocycles. The van der Waals surface area contributed by atoms with E-state index in [1.165, 1.54) is 0 Å². The molecule has 2 saturated heterocycles. The molecule has 12 nitrogen and oxygen atoms in total. The molecule has 3 amide bonds. The van der Waals surface area contributed by atoms with E-state index in [0.29, 0.717) is 48.6 Å². The number of nitrogens with one attached hydrogen (secondary N) is 1. The van der Waals surface area contributed by atoms with Crippen LogP contribution < -0.4 is 14.2 Å². The molecule has 2 saturated carbocycles. The number of Topliss-reactive ketones (excluding diaryl/α,β-unsaturated/α-hetero) is 1. The first-order chi connectivity index (χ1) is 27.1. The predicted molar refractivity (Wildman–Crippen MR) is 217 cm³/mol. The molecular weight excluding hydrogens is 745 g/mol. The first-order valence-electron chi connectivity index (χ1n) is 20.1. The molecule has 57 heavy (non-hydrogen) atoms. The Morgan fingerprint density at radius 1 is 1.04 bits per heavy atom. The van der Waals surface area contributed by atoms with Crippen LogP contribution >= 0.6 is 0 Å². The summed E-state index contributed by atoms with van der Waals surface area (Å²) in [4.78, 5) is 65.2. The van der Waals surface area contributed by atoms with Gasteiger partial charge in [0.05, 0.1) is 47.5 Å². The summed E-state index contributed by atoms with van der Waals surface area (Å²) in [5, 5.41) is 0.118. The highest BCUT2D eigenvalue weighted by molar-refractivity contribution is 7.90. The van der Waals surface area contributed by atoms with Crippen LogP contribution in [0.1, 0.15) is 78.6 Å². The summed E-state index contributed by atoms with van der Waals surface area (Å²) in [7, 11) is -2.27. The number of sulfonamides is 1. The second-order valence-corrected chi connectivity index (χ2v) is 19.3. The molecule has 4 aliphatic rings. The number of rotatable bonds is 14. The molecule has 0 bridgehead atoms. The number of fused-ring (bicyclic) bond motifs is 1. The second kappa shape index (κ2) is 15.9. The van der Waals surface area contributed by atoms with Crippen LogP contribution in [0.5, 0.6) is 11.5 Å². The molecule has 3 aromatic rings. The summed E-state index contributed by atoms with van der Waals surface area (Å²) < 4.78 is 40.2. The van der Waals surface area contributed by atoms with Crippen molar-refractivity contribution in [3.8, 4) is 22.8 Å². The average molecular weight is 799 g/mol. The molecule has 13 heteroatoms. The molecule has 0 radical (unpaired) electrons. The quantitative estimate of drug-likeness (QED) is 0.191. The Kier molecular flexibility index (Phi) is 11.3. The Morgan fingerprint density at radius 2 is 1.75 bits per heavy atom. The molecule has 304 valence electrons. The van der Waals surface area contributed by atoms with Crippen LogP contribution in [0.25, 0.3) is 22.2 Å². The number of nitrogens with zero attached hydrogens (tertiary/aromatic N) is 3. The van der Waals surface area contributed by atoms with Gasteiger partial charge < -0.3 is 19.3 Å². The Bertz CT molecular complexity index is 2160. The number of benzene rings is 2. The maximum atomic E-state index is 14.9. The number of piperidine rings is 1. The number of carbonyl (C=O) groups is 4. The van der Waals surface area contributed by atoms with E-state index in [0.717, 1.165) is 30.2 Å². The number of likely N-dealkylation sites (tertiary alicyclic amines) is 2. The number of amides is 3. The molecule has 0 unspecified atom stereocenters. The van der Waals surface area contributed by atoms with E-state index in [2.05, 4.69) is 11.3 Å². The summed E-state index contributed by atoms with van der Waals surface area (Å²) in [6.07, 6.45) is 5.01. The molecular formula is C44H54N4O8S. The zero-order valence-corrected chi connectivity index (χ0v) is 34.2. The third-order valence-corrected chi connectivity index (χ3v) is 14.1.